The third kappa shape index (κ3) is 6.05. The highest BCUT2D eigenvalue weighted by Gasteiger charge is 2.17. The zero-order valence-corrected chi connectivity index (χ0v) is 11.5. The van der Waals surface area contributed by atoms with Gasteiger partial charge in [0.05, 0.1) is 13.2 Å². The molecule has 5 heteroatoms. The van der Waals surface area contributed by atoms with Gasteiger partial charge in [-0.05, 0) is 6.42 Å². The molecule has 2 fully saturated rings. The topological polar surface area (TPSA) is 49.9 Å². The number of amides is 2. The molecule has 0 aromatic heterocycles. The molecule has 19 heavy (non-hydrogen) atoms. The molecule has 0 radical (unpaired) electrons. The summed E-state index contributed by atoms with van der Waals surface area (Å²) in [6, 6.07) is 0. The van der Waals surface area contributed by atoms with E-state index in [-0.39, 0.29) is 13.3 Å². The SMILES string of the molecule is C.CCC(=O)N1CCC1.CCC(=O)N1CCOCC1. The average molecular weight is 272 g/mol. The first-order chi connectivity index (χ1) is 8.69. The van der Waals surface area contributed by atoms with Crippen LogP contribution in [0.4, 0.5) is 0 Å². The lowest BCUT2D eigenvalue weighted by Gasteiger charge is -2.30. The van der Waals surface area contributed by atoms with Crippen LogP contribution < -0.4 is 0 Å². The molecule has 0 N–H and O–H groups in total. The van der Waals surface area contributed by atoms with Crippen LogP contribution in [0, 0.1) is 0 Å². The standard InChI is InChI=1S/C7H13NO2.C6H11NO.CH4/c1-2-7(9)8-3-5-10-6-4-8;1-2-6(8)7-4-3-5-7;/h2-6H2,1H3;2-5H2,1H3;1H4. The molecule has 0 aromatic rings. The monoisotopic (exact) mass is 272 g/mol. The highest BCUT2D eigenvalue weighted by Crippen LogP contribution is 2.06. The number of rotatable bonds is 2. The normalized spacial score (nSPS) is 17.6. The second-order valence-corrected chi connectivity index (χ2v) is 4.43. The predicted molar refractivity (Wildman–Crippen MR) is 75.9 cm³/mol. The van der Waals surface area contributed by atoms with Crippen LogP contribution in [0.15, 0.2) is 0 Å². The number of nitrogens with zero attached hydrogens (tertiary/aromatic N) is 2. The molecule has 0 saturated carbocycles. The smallest absolute Gasteiger partial charge is 0.222 e. The van der Waals surface area contributed by atoms with E-state index in [0.717, 1.165) is 26.2 Å². The van der Waals surface area contributed by atoms with Gasteiger partial charge in [0.2, 0.25) is 11.8 Å². The molecular weight excluding hydrogens is 244 g/mol. The van der Waals surface area contributed by atoms with Crippen molar-refractivity contribution in [1.29, 1.82) is 0 Å². The number of carbonyl (C=O) groups excluding carboxylic acids is 2. The van der Waals surface area contributed by atoms with E-state index >= 15 is 0 Å². The Hall–Kier alpha value is -1.10. The largest absolute Gasteiger partial charge is 0.378 e. The maximum atomic E-state index is 11.0. The summed E-state index contributed by atoms with van der Waals surface area (Å²) in [5.41, 5.74) is 0. The Bertz CT molecular complexity index is 272. The molecule has 0 unspecified atom stereocenters. The summed E-state index contributed by atoms with van der Waals surface area (Å²) in [6.07, 6.45) is 2.48. The molecule has 2 aliphatic rings. The van der Waals surface area contributed by atoms with Crippen LogP contribution in [0.5, 0.6) is 0 Å². The maximum Gasteiger partial charge on any atom is 0.222 e. The lowest BCUT2D eigenvalue weighted by molar-refractivity contribution is -0.135. The van der Waals surface area contributed by atoms with Crippen molar-refractivity contribution < 1.29 is 14.3 Å². The number of carbonyl (C=O) groups is 2. The van der Waals surface area contributed by atoms with E-state index in [1.54, 1.807) is 0 Å². The summed E-state index contributed by atoms with van der Waals surface area (Å²) in [5.74, 6) is 0.541. The van der Waals surface area contributed by atoms with Crippen molar-refractivity contribution in [3.05, 3.63) is 0 Å². The predicted octanol–water partition coefficient (Wildman–Crippen LogP) is 1.52. The van der Waals surface area contributed by atoms with E-state index in [9.17, 15) is 9.59 Å². The Kier molecular flexibility index (Phi) is 9.21. The van der Waals surface area contributed by atoms with Gasteiger partial charge in [-0.1, -0.05) is 21.3 Å². The van der Waals surface area contributed by atoms with Gasteiger partial charge in [-0.3, -0.25) is 9.59 Å². The molecule has 2 saturated heterocycles. The van der Waals surface area contributed by atoms with Crippen molar-refractivity contribution in [1.82, 2.24) is 9.80 Å². The van der Waals surface area contributed by atoms with Crippen molar-refractivity contribution in [2.24, 2.45) is 0 Å². The summed E-state index contributed by atoms with van der Waals surface area (Å²) in [6.45, 7) is 8.72. The summed E-state index contributed by atoms with van der Waals surface area (Å²) in [4.78, 5) is 25.5. The fourth-order valence-electron chi connectivity index (χ4n) is 1.83. The molecule has 0 bridgehead atoms. The van der Waals surface area contributed by atoms with Crippen molar-refractivity contribution in [3.8, 4) is 0 Å². The Morgan fingerprint density at radius 3 is 1.58 bits per heavy atom. The van der Waals surface area contributed by atoms with Gasteiger partial charge in [-0.25, -0.2) is 0 Å². The zero-order chi connectivity index (χ0) is 13.4. The van der Waals surface area contributed by atoms with Gasteiger partial charge in [0, 0.05) is 39.0 Å². The summed E-state index contributed by atoms with van der Waals surface area (Å²) < 4.78 is 5.10. The number of hydrogen-bond acceptors (Lipinski definition) is 3. The second-order valence-electron chi connectivity index (χ2n) is 4.43. The Labute approximate surface area is 116 Å². The minimum atomic E-state index is 0. The van der Waals surface area contributed by atoms with Crippen molar-refractivity contribution in [2.75, 3.05) is 39.4 Å². The second kappa shape index (κ2) is 9.78. The van der Waals surface area contributed by atoms with Crippen molar-refractivity contribution in [2.45, 2.75) is 40.5 Å². The molecule has 0 aromatic carbocycles. The number of likely N-dealkylation sites (tertiary alicyclic amines) is 1. The molecular formula is C14H28N2O3. The van der Waals surface area contributed by atoms with E-state index in [4.69, 9.17) is 4.74 Å². The lowest BCUT2D eigenvalue weighted by atomic mass is 10.2. The molecule has 0 aliphatic carbocycles. The van der Waals surface area contributed by atoms with E-state index in [2.05, 4.69) is 0 Å². The maximum absolute atomic E-state index is 11.0. The van der Waals surface area contributed by atoms with Gasteiger partial charge >= 0.3 is 0 Å². The molecule has 2 aliphatic heterocycles. The summed E-state index contributed by atoms with van der Waals surface area (Å²) in [5, 5.41) is 0. The molecule has 0 spiro atoms. The minimum Gasteiger partial charge on any atom is -0.378 e. The first-order valence-electron chi connectivity index (χ1n) is 6.82. The fraction of sp³-hybridized carbons (Fsp3) is 0.857. The quantitative estimate of drug-likeness (QED) is 0.766. The molecule has 2 rings (SSSR count). The van der Waals surface area contributed by atoms with E-state index in [1.807, 2.05) is 23.6 Å². The van der Waals surface area contributed by atoms with Crippen LogP contribution in [0.3, 0.4) is 0 Å². The summed E-state index contributed by atoms with van der Waals surface area (Å²) in [7, 11) is 0. The van der Waals surface area contributed by atoms with Gasteiger partial charge in [0.15, 0.2) is 0 Å². The van der Waals surface area contributed by atoms with Crippen LogP contribution in [0.2, 0.25) is 0 Å². The number of ether oxygens (including phenoxy) is 1. The van der Waals surface area contributed by atoms with Crippen LogP contribution in [0.1, 0.15) is 40.5 Å². The van der Waals surface area contributed by atoms with Crippen LogP contribution in [0.25, 0.3) is 0 Å². The van der Waals surface area contributed by atoms with Gasteiger partial charge in [-0.15, -0.1) is 0 Å². The molecule has 2 heterocycles. The molecule has 0 atom stereocenters. The van der Waals surface area contributed by atoms with Gasteiger partial charge in [0.1, 0.15) is 0 Å². The van der Waals surface area contributed by atoms with E-state index in [1.165, 1.54) is 6.42 Å². The molecule has 5 nitrogen and oxygen atoms in total. The van der Waals surface area contributed by atoms with Crippen LogP contribution in [-0.4, -0.2) is 61.0 Å². The highest BCUT2D eigenvalue weighted by molar-refractivity contribution is 5.76. The number of hydrogen-bond donors (Lipinski definition) is 0. The lowest BCUT2D eigenvalue weighted by Crippen LogP contribution is -2.41. The van der Waals surface area contributed by atoms with Crippen molar-refractivity contribution >= 4 is 11.8 Å². The first-order valence-corrected chi connectivity index (χ1v) is 6.82. The molecule has 112 valence electrons. The van der Waals surface area contributed by atoms with Crippen molar-refractivity contribution in [3.63, 3.8) is 0 Å². The average Bonchev–Trinajstić information content (AvgIpc) is 2.37. The van der Waals surface area contributed by atoms with Gasteiger partial charge in [0.25, 0.3) is 0 Å². The minimum absolute atomic E-state index is 0. The van der Waals surface area contributed by atoms with E-state index < -0.39 is 0 Å². The van der Waals surface area contributed by atoms with Crippen LogP contribution in [-0.2, 0) is 14.3 Å². The van der Waals surface area contributed by atoms with E-state index in [0.29, 0.717) is 32.0 Å². The summed E-state index contributed by atoms with van der Waals surface area (Å²) >= 11 is 0. The Morgan fingerprint density at radius 2 is 1.32 bits per heavy atom. The third-order valence-electron chi connectivity index (χ3n) is 3.18. The Morgan fingerprint density at radius 1 is 0.895 bits per heavy atom. The Balaban J connectivity index is 0.000000331. The zero-order valence-electron chi connectivity index (χ0n) is 11.5. The van der Waals surface area contributed by atoms with Crippen LogP contribution >= 0.6 is 0 Å². The molecule has 2 amide bonds. The fourth-order valence-corrected chi connectivity index (χ4v) is 1.83. The third-order valence-corrected chi connectivity index (χ3v) is 3.18. The number of morpholine rings is 1. The van der Waals surface area contributed by atoms with Gasteiger partial charge < -0.3 is 14.5 Å². The highest BCUT2D eigenvalue weighted by atomic mass is 16.5. The first kappa shape index (κ1) is 17.9. The van der Waals surface area contributed by atoms with Gasteiger partial charge in [-0.2, -0.15) is 0 Å².